The number of thiophene rings is 1. The van der Waals surface area contributed by atoms with Gasteiger partial charge in [0.1, 0.15) is 20.9 Å². The molecule has 8 heteroatoms. The molecule has 0 spiro atoms. The van der Waals surface area contributed by atoms with Crippen LogP contribution in [0, 0.1) is 0 Å². The largest absolute Gasteiger partial charge is 0.378 e. The first-order valence-electron chi connectivity index (χ1n) is 9.32. The molecule has 0 unspecified atom stereocenters. The van der Waals surface area contributed by atoms with Crippen LogP contribution in [0.15, 0.2) is 16.9 Å². The van der Waals surface area contributed by atoms with E-state index in [-0.39, 0.29) is 5.56 Å². The Morgan fingerprint density at radius 2 is 2.04 bits per heavy atom. The Morgan fingerprint density at radius 3 is 2.81 bits per heavy atom. The first-order chi connectivity index (χ1) is 13.1. The van der Waals surface area contributed by atoms with Crippen LogP contribution >= 0.6 is 11.3 Å². The van der Waals surface area contributed by atoms with E-state index >= 15 is 0 Å². The second kappa shape index (κ2) is 6.38. The number of ether oxygens (including phenoxy) is 1. The number of hydrogen-bond acceptors (Lipinski definition) is 7. The number of aryl methyl sites for hydroxylation is 1. The summed E-state index contributed by atoms with van der Waals surface area (Å²) in [7, 11) is 0. The monoisotopic (exact) mass is 383 g/mol. The van der Waals surface area contributed by atoms with Crippen molar-refractivity contribution in [2.24, 2.45) is 0 Å². The fraction of sp³-hybridized carbons (Fsp3) is 0.474. The second-order valence-corrected chi connectivity index (χ2v) is 8.31. The lowest BCUT2D eigenvalue weighted by Crippen LogP contribution is -2.37. The van der Waals surface area contributed by atoms with Crippen molar-refractivity contribution in [2.75, 3.05) is 31.2 Å². The summed E-state index contributed by atoms with van der Waals surface area (Å²) in [5.41, 5.74) is 4.10. The van der Waals surface area contributed by atoms with Crippen LogP contribution in [0.5, 0.6) is 0 Å². The Hall–Kier alpha value is -2.32. The van der Waals surface area contributed by atoms with Crippen molar-refractivity contribution >= 4 is 37.6 Å². The van der Waals surface area contributed by atoms with Gasteiger partial charge in [0.25, 0.3) is 5.56 Å². The number of pyridine rings is 1. The molecule has 0 bridgehead atoms. The Labute approximate surface area is 160 Å². The van der Waals surface area contributed by atoms with Gasteiger partial charge in [0, 0.05) is 18.5 Å². The standard InChI is InChI=1S/C19H21N5O2S/c1-11(2)10-24-19(25)16-15(21-22-24)14-12-4-3-5-13(12)17(20-18(14)27-16)23-6-8-26-9-7-23/h1,3-10H2,2H3. The number of fused-ring (bicyclic) bond motifs is 5. The minimum atomic E-state index is -0.106. The van der Waals surface area contributed by atoms with Crippen LogP contribution in [-0.4, -0.2) is 46.3 Å². The van der Waals surface area contributed by atoms with Gasteiger partial charge in [-0.15, -0.1) is 16.4 Å². The van der Waals surface area contributed by atoms with Crippen LogP contribution in [0.4, 0.5) is 5.82 Å². The van der Waals surface area contributed by atoms with Crippen LogP contribution in [0.25, 0.3) is 20.4 Å². The minimum absolute atomic E-state index is 0.106. The summed E-state index contributed by atoms with van der Waals surface area (Å²) >= 11 is 1.44. The number of anilines is 1. The second-order valence-electron chi connectivity index (χ2n) is 7.31. The fourth-order valence-corrected chi connectivity index (χ4v) is 5.16. The molecule has 1 aliphatic heterocycles. The molecular weight excluding hydrogens is 362 g/mol. The number of nitrogens with zero attached hydrogens (tertiary/aromatic N) is 5. The molecule has 0 aromatic carbocycles. The quantitative estimate of drug-likeness (QED) is 0.646. The molecule has 0 amide bonds. The SMILES string of the molecule is C=C(C)Cn1nnc2c(sc3nc(N4CCOCC4)c4c(c32)CCC4)c1=O. The van der Waals surface area contributed by atoms with Crippen LogP contribution in [0.1, 0.15) is 24.5 Å². The van der Waals surface area contributed by atoms with Crippen molar-refractivity contribution in [3.63, 3.8) is 0 Å². The number of allylic oxidation sites excluding steroid dienone is 1. The van der Waals surface area contributed by atoms with Crippen molar-refractivity contribution in [3.05, 3.63) is 33.6 Å². The van der Waals surface area contributed by atoms with E-state index in [2.05, 4.69) is 21.8 Å². The van der Waals surface area contributed by atoms with Crippen LogP contribution in [0.3, 0.4) is 0 Å². The summed E-state index contributed by atoms with van der Waals surface area (Å²) in [5, 5.41) is 9.60. The third-order valence-electron chi connectivity index (χ3n) is 5.27. The van der Waals surface area contributed by atoms with Gasteiger partial charge >= 0.3 is 0 Å². The van der Waals surface area contributed by atoms with Crippen molar-refractivity contribution in [2.45, 2.75) is 32.7 Å². The summed E-state index contributed by atoms with van der Waals surface area (Å²) in [5.74, 6) is 1.07. The maximum absolute atomic E-state index is 12.9. The number of hydrogen-bond donors (Lipinski definition) is 0. The highest BCUT2D eigenvalue weighted by Gasteiger charge is 2.27. The zero-order valence-corrected chi connectivity index (χ0v) is 16.1. The molecule has 140 valence electrons. The zero-order chi connectivity index (χ0) is 18.5. The van der Waals surface area contributed by atoms with Gasteiger partial charge < -0.3 is 9.64 Å². The average molecular weight is 383 g/mol. The van der Waals surface area contributed by atoms with Crippen molar-refractivity contribution in [1.29, 1.82) is 0 Å². The topological polar surface area (TPSA) is 73.1 Å². The van der Waals surface area contributed by atoms with Gasteiger partial charge in [-0.3, -0.25) is 4.79 Å². The molecule has 2 aliphatic rings. The zero-order valence-electron chi connectivity index (χ0n) is 15.3. The molecule has 3 aromatic rings. The van der Waals surface area contributed by atoms with Crippen LogP contribution in [0.2, 0.25) is 0 Å². The smallest absolute Gasteiger partial charge is 0.288 e. The molecule has 4 heterocycles. The van der Waals surface area contributed by atoms with Gasteiger partial charge in [0.2, 0.25) is 0 Å². The average Bonchev–Trinajstić information content (AvgIpc) is 3.28. The number of aromatic nitrogens is 4. The highest BCUT2D eigenvalue weighted by molar-refractivity contribution is 7.25. The molecule has 0 N–H and O–H groups in total. The normalized spacial score (nSPS) is 17.0. The lowest BCUT2D eigenvalue weighted by molar-refractivity contribution is 0.122. The van der Waals surface area contributed by atoms with E-state index in [1.807, 2.05) is 6.92 Å². The maximum atomic E-state index is 12.9. The van der Waals surface area contributed by atoms with Crippen LogP contribution in [-0.2, 0) is 24.1 Å². The van der Waals surface area contributed by atoms with E-state index in [4.69, 9.17) is 9.72 Å². The first kappa shape index (κ1) is 16.8. The molecule has 0 radical (unpaired) electrons. The maximum Gasteiger partial charge on any atom is 0.288 e. The van der Waals surface area contributed by atoms with Crippen molar-refractivity contribution in [3.8, 4) is 0 Å². The van der Waals surface area contributed by atoms with Gasteiger partial charge in [-0.2, -0.15) is 0 Å². The predicted molar refractivity (Wildman–Crippen MR) is 107 cm³/mol. The van der Waals surface area contributed by atoms with E-state index in [1.165, 1.54) is 27.1 Å². The Balaban J connectivity index is 1.75. The molecule has 0 atom stereocenters. The molecule has 1 saturated heterocycles. The molecule has 3 aromatic heterocycles. The third kappa shape index (κ3) is 2.66. The Kier molecular flexibility index (Phi) is 3.98. The molecule has 5 rings (SSSR count). The summed E-state index contributed by atoms with van der Waals surface area (Å²) < 4.78 is 7.53. The summed E-state index contributed by atoms with van der Waals surface area (Å²) in [6.07, 6.45) is 3.15. The highest BCUT2D eigenvalue weighted by atomic mass is 32.1. The number of rotatable bonds is 3. The van der Waals surface area contributed by atoms with Crippen LogP contribution < -0.4 is 10.5 Å². The number of morpholine rings is 1. The molecule has 1 aliphatic carbocycles. The summed E-state index contributed by atoms with van der Waals surface area (Å²) in [6, 6.07) is 0. The van der Waals surface area contributed by atoms with E-state index in [0.717, 1.165) is 67.2 Å². The molecule has 0 saturated carbocycles. The van der Waals surface area contributed by atoms with Gasteiger partial charge in [-0.05, 0) is 37.3 Å². The minimum Gasteiger partial charge on any atom is -0.378 e. The van der Waals surface area contributed by atoms with Gasteiger partial charge in [0.05, 0.1) is 19.8 Å². The van der Waals surface area contributed by atoms with E-state index in [0.29, 0.717) is 16.8 Å². The Bertz CT molecular complexity index is 1130. The van der Waals surface area contributed by atoms with E-state index in [1.54, 1.807) is 0 Å². The molecule has 7 nitrogen and oxygen atoms in total. The van der Waals surface area contributed by atoms with Gasteiger partial charge in [0.15, 0.2) is 0 Å². The van der Waals surface area contributed by atoms with Crippen molar-refractivity contribution in [1.82, 2.24) is 20.0 Å². The van der Waals surface area contributed by atoms with Gasteiger partial charge in [-0.1, -0.05) is 17.4 Å². The highest BCUT2D eigenvalue weighted by Crippen LogP contribution is 2.40. The summed E-state index contributed by atoms with van der Waals surface area (Å²) in [6.45, 7) is 9.34. The molecule has 1 fully saturated rings. The van der Waals surface area contributed by atoms with E-state index < -0.39 is 0 Å². The van der Waals surface area contributed by atoms with E-state index in [9.17, 15) is 4.79 Å². The Morgan fingerprint density at radius 1 is 1.26 bits per heavy atom. The predicted octanol–water partition coefficient (Wildman–Crippen LogP) is 2.30. The van der Waals surface area contributed by atoms with Gasteiger partial charge in [-0.25, -0.2) is 9.67 Å². The lowest BCUT2D eigenvalue weighted by Gasteiger charge is -2.29. The first-order valence-corrected chi connectivity index (χ1v) is 10.1. The lowest BCUT2D eigenvalue weighted by atomic mass is 10.1. The molecular formula is C19H21N5O2S. The van der Waals surface area contributed by atoms with Crippen molar-refractivity contribution < 1.29 is 4.74 Å². The third-order valence-corrected chi connectivity index (χ3v) is 6.33. The summed E-state index contributed by atoms with van der Waals surface area (Å²) in [4.78, 5) is 21.1. The fourth-order valence-electron chi connectivity index (χ4n) is 4.08. The molecule has 27 heavy (non-hydrogen) atoms.